The van der Waals surface area contributed by atoms with E-state index >= 15 is 0 Å². The van der Waals surface area contributed by atoms with Crippen LogP contribution in [-0.2, 0) is 10.0 Å². The normalized spacial score (nSPS) is 11.8. The van der Waals surface area contributed by atoms with Gasteiger partial charge in [-0.25, -0.2) is 22.7 Å². The molecule has 0 aliphatic carbocycles. The van der Waals surface area contributed by atoms with Gasteiger partial charge in [-0.3, -0.25) is 0 Å². The van der Waals surface area contributed by atoms with E-state index in [4.69, 9.17) is 11.6 Å². The highest BCUT2D eigenvalue weighted by Gasteiger charge is 2.13. The molecule has 1 N–H and O–H groups in total. The summed E-state index contributed by atoms with van der Waals surface area (Å²) >= 11 is 5.82. The van der Waals surface area contributed by atoms with Gasteiger partial charge in [0.25, 0.3) is 0 Å². The highest BCUT2D eigenvalue weighted by Crippen LogP contribution is 2.17. The second kappa shape index (κ2) is 5.61. The van der Waals surface area contributed by atoms with E-state index < -0.39 is 10.0 Å². The van der Waals surface area contributed by atoms with Crippen molar-refractivity contribution in [1.82, 2.24) is 14.3 Å². The van der Waals surface area contributed by atoms with Crippen molar-refractivity contribution in [3.63, 3.8) is 0 Å². The minimum Gasteiger partial charge on any atom is -0.369 e. The molecule has 0 aliphatic rings. The van der Waals surface area contributed by atoms with Gasteiger partial charge in [-0.15, -0.1) is 0 Å². The van der Waals surface area contributed by atoms with Crippen LogP contribution in [0.3, 0.4) is 0 Å². The number of hydrogen-bond donors (Lipinski definition) is 1. The van der Waals surface area contributed by atoms with Gasteiger partial charge in [0.1, 0.15) is 17.3 Å². The zero-order valence-electron chi connectivity index (χ0n) is 9.94. The van der Waals surface area contributed by atoms with E-state index in [1.807, 2.05) is 0 Å². The lowest BCUT2D eigenvalue weighted by Crippen LogP contribution is -2.28. The fourth-order valence-electron chi connectivity index (χ4n) is 1.09. The van der Waals surface area contributed by atoms with Crippen molar-refractivity contribution in [3.8, 4) is 0 Å². The summed E-state index contributed by atoms with van der Waals surface area (Å²) in [6, 6.07) is 0. The summed E-state index contributed by atoms with van der Waals surface area (Å²) in [6.45, 7) is 2.04. The van der Waals surface area contributed by atoms with Crippen LogP contribution in [0.15, 0.2) is 6.33 Å². The Labute approximate surface area is 106 Å². The van der Waals surface area contributed by atoms with Gasteiger partial charge < -0.3 is 5.32 Å². The molecule has 0 spiro atoms. The molecule has 0 fully saturated rings. The van der Waals surface area contributed by atoms with E-state index in [9.17, 15) is 8.42 Å². The van der Waals surface area contributed by atoms with Gasteiger partial charge in [-0.2, -0.15) is 0 Å². The van der Waals surface area contributed by atoms with Crippen molar-refractivity contribution >= 4 is 27.4 Å². The molecule has 1 aromatic rings. The first kappa shape index (κ1) is 14.1. The molecule has 0 amide bonds. The predicted molar refractivity (Wildman–Crippen MR) is 67.7 cm³/mol. The van der Waals surface area contributed by atoms with E-state index in [2.05, 4.69) is 15.3 Å². The molecule has 0 bridgehead atoms. The maximum absolute atomic E-state index is 11.5. The molecule has 1 rings (SSSR count). The zero-order chi connectivity index (χ0) is 13.1. The number of halogens is 1. The van der Waals surface area contributed by atoms with Gasteiger partial charge in [-0.05, 0) is 6.92 Å². The highest BCUT2D eigenvalue weighted by atomic mass is 35.5. The van der Waals surface area contributed by atoms with Crippen molar-refractivity contribution in [2.45, 2.75) is 6.92 Å². The SMILES string of the molecule is Cc1c(Cl)ncnc1NCCS(=O)(=O)N(C)C. The number of nitrogens with zero attached hydrogens (tertiary/aromatic N) is 3. The number of nitrogens with one attached hydrogen (secondary N) is 1. The van der Waals surface area contributed by atoms with Crippen molar-refractivity contribution in [3.05, 3.63) is 17.0 Å². The number of sulfonamides is 1. The second-order valence-corrected chi connectivity index (χ2v) is 6.32. The third-order valence-corrected chi connectivity index (χ3v) is 4.45. The molecule has 0 radical (unpaired) electrons. The fourth-order valence-corrected chi connectivity index (χ4v) is 1.95. The van der Waals surface area contributed by atoms with Crippen molar-refractivity contribution in [2.24, 2.45) is 0 Å². The molecule has 96 valence electrons. The van der Waals surface area contributed by atoms with Crippen molar-refractivity contribution < 1.29 is 8.42 Å². The van der Waals surface area contributed by atoms with Crippen LogP contribution in [0.5, 0.6) is 0 Å². The monoisotopic (exact) mass is 278 g/mol. The van der Waals surface area contributed by atoms with Crippen LogP contribution in [0.25, 0.3) is 0 Å². The third kappa shape index (κ3) is 3.79. The molecular weight excluding hydrogens is 264 g/mol. The zero-order valence-corrected chi connectivity index (χ0v) is 11.5. The average Bonchev–Trinajstić information content (AvgIpc) is 2.24. The van der Waals surface area contributed by atoms with Gasteiger partial charge in [0, 0.05) is 26.2 Å². The molecule has 0 saturated carbocycles. The Hall–Kier alpha value is -0.920. The summed E-state index contributed by atoms with van der Waals surface area (Å²) in [6.07, 6.45) is 1.33. The summed E-state index contributed by atoms with van der Waals surface area (Å²) in [5.74, 6) is 0.556. The Morgan fingerprint density at radius 1 is 1.41 bits per heavy atom. The van der Waals surface area contributed by atoms with Crippen LogP contribution in [0.1, 0.15) is 5.56 Å². The topological polar surface area (TPSA) is 75.2 Å². The minimum absolute atomic E-state index is 0.00105. The largest absolute Gasteiger partial charge is 0.369 e. The Kier molecular flexibility index (Phi) is 4.67. The molecule has 0 aromatic carbocycles. The summed E-state index contributed by atoms with van der Waals surface area (Å²) < 4.78 is 24.2. The van der Waals surface area contributed by atoms with Crippen LogP contribution >= 0.6 is 11.6 Å². The Bertz CT molecular complexity index is 490. The smallest absolute Gasteiger partial charge is 0.215 e. The molecule has 0 atom stereocenters. The molecule has 8 heteroatoms. The lowest BCUT2D eigenvalue weighted by molar-refractivity contribution is 0.521. The second-order valence-electron chi connectivity index (χ2n) is 3.66. The van der Waals surface area contributed by atoms with E-state index in [1.165, 1.54) is 24.7 Å². The number of hydrogen-bond acceptors (Lipinski definition) is 5. The summed E-state index contributed by atoms with van der Waals surface area (Å²) in [7, 11) is -0.193. The van der Waals surface area contributed by atoms with Gasteiger partial charge in [-0.1, -0.05) is 11.6 Å². The first-order valence-corrected chi connectivity index (χ1v) is 6.94. The lowest BCUT2D eigenvalue weighted by atomic mass is 10.3. The molecule has 1 heterocycles. The number of aromatic nitrogens is 2. The van der Waals surface area contributed by atoms with Gasteiger partial charge in [0.05, 0.1) is 5.75 Å². The summed E-state index contributed by atoms with van der Waals surface area (Å²) in [5, 5.41) is 3.28. The van der Waals surface area contributed by atoms with Crippen LogP contribution in [0.4, 0.5) is 5.82 Å². The third-order valence-electron chi connectivity index (χ3n) is 2.23. The highest BCUT2D eigenvalue weighted by molar-refractivity contribution is 7.89. The first-order valence-electron chi connectivity index (χ1n) is 4.96. The molecular formula is C9H15ClN4O2S. The van der Waals surface area contributed by atoms with Crippen LogP contribution in [0.2, 0.25) is 5.15 Å². The number of rotatable bonds is 5. The van der Waals surface area contributed by atoms with E-state index in [1.54, 1.807) is 6.92 Å². The van der Waals surface area contributed by atoms with Gasteiger partial charge in [0.15, 0.2) is 0 Å². The molecule has 0 unspecified atom stereocenters. The average molecular weight is 279 g/mol. The predicted octanol–water partition coefficient (Wildman–Crippen LogP) is 0.742. The van der Waals surface area contributed by atoms with Crippen molar-refractivity contribution in [1.29, 1.82) is 0 Å². The maximum Gasteiger partial charge on any atom is 0.215 e. The van der Waals surface area contributed by atoms with Gasteiger partial charge in [0.2, 0.25) is 10.0 Å². The van der Waals surface area contributed by atoms with Crippen molar-refractivity contribution in [2.75, 3.05) is 31.7 Å². The quantitative estimate of drug-likeness (QED) is 0.804. The molecule has 0 aliphatic heterocycles. The van der Waals surface area contributed by atoms with E-state index in [0.29, 0.717) is 16.5 Å². The minimum atomic E-state index is -3.20. The summed E-state index contributed by atoms with van der Waals surface area (Å²) in [5.41, 5.74) is 0.705. The van der Waals surface area contributed by atoms with Crippen LogP contribution < -0.4 is 5.32 Å². The van der Waals surface area contributed by atoms with E-state index in [0.717, 1.165) is 0 Å². The van der Waals surface area contributed by atoms with Gasteiger partial charge >= 0.3 is 0 Å². The fraction of sp³-hybridized carbons (Fsp3) is 0.556. The Morgan fingerprint density at radius 2 is 2.06 bits per heavy atom. The Morgan fingerprint density at radius 3 is 2.65 bits per heavy atom. The molecule has 17 heavy (non-hydrogen) atoms. The lowest BCUT2D eigenvalue weighted by Gasteiger charge is -2.12. The molecule has 1 aromatic heterocycles. The molecule has 0 saturated heterocycles. The first-order chi connectivity index (χ1) is 7.84. The standard InChI is InChI=1S/C9H15ClN4O2S/c1-7-8(10)12-6-13-9(7)11-4-5-17(15,16)14(2)3/h6H,4-5H2,1-3H3,(H,11,12,13). The van der Waals surface area contributed by atoms with Crippen LogP contribution in [0, 0.1) is 6.92 Å². The summed E-state index contributed by atoms with van der Waals surface area (Å²) in [4.78, 5) is 7.80. The maximum atomic E-state index is 11.5. The van der Waals surface area contributed by atoms with E-state index in [-0.39, 0.29) is 12.3 Å². The Balaban J connectivity index is 2.61. The van der Waals surface area contributed by atoms with Crippen LogP contribution in [-0.4, -0.2) is 49.1 Å². The number of anilines is 1. The molecule has 6 nitrogen and oxygen atoms in total.